The van der Waals surface area contributed by atoms with Crippen molar-refractivity contribution in [2.45, 2.75) is 0 Å². The molecule has 3 aromatic carbocycles. The largest absolute Gasteiger partial charge is 0.422 e. The highest BCUT2D eigenvalue weighted by Gasteiger charge is 2.14. The maximum atomic E-state index is 12.4. The molecule has 0 atom stereocenters. The average molecular weight is 406 g/mol. The molecule has 1 N–H and O–H groups in total. The van der Waals surface area contributed by atoms with Crippen LogP contribution in [0.1, 0.15) is 0 Å². The molecule has 5 nitrogen and oxygen atoms in total. The molecule has 0 unspecified atom stereocenters. The number of rotatable bonds is 3. The Labute approximate surface area is 168 Å². The van der Waals surface area contributed by atoms with E-state index in [1.807, 2.05) is 30.3 Å². The van der Waals surface area contributed by atoms with Crippen LogP contribution in [-0.4, -0.2) is 10.2 Å². The Morgan fingerprint density at radius 1 is 0.929 bits per heavy atom. The van der Waals surface area contributed by atoms with Gasteiger partial charge in [-0.1, -0.05) is 59.3 Å². The Morgan fingerprint density at radius 3 is 2.71 bits per heavy atom. The minimum absolute atomic E-state index is 0.359. The molecule has 0 aliphatic rings. The van der Waals surface area contributed by atoms with Gasteiger partial charge >= 0.3 is 5.63 Å². The van der Waals surface area contributed by atoms with Crippen LogP contribution in [0.25, 0.3) is 32.3 Å². The highest BCUT2D eigenvalue weighted by molar-refractivity contribution is 7.18. The number of hydrogen-bond acceptors (Lipinski definition) is 6. The van der Waals surface area contributed by atoms with Crippen LogP contribution in [-0.2, 0) is 0 Å². The molecular weight excluding hydrogens is 394 g/mol. The Morgan fingerprint density at radius 2 is 1.79 bits per heavy atom. The molecule has 2 aromatic heterocycles. The Bertz CT molecular complexity index is 1390. The lowest BCUT2D eigenvalue weighted by Crippen LogP contribution is -2.02. The van der Waals surface area contributed by atoms with E-state index in [1.165, 1.54) is 11.3 Å². The molecular formula is C21H12ClN3O2S. The van der Waals surface area contributed by atoms with Gasteiger partial charge in [-0.15, -0.1) is 10.2 Å². The third kappa shape index (κ3) is 3.02. The second-order valence-corrected chi connectivity index (χ2v) is 7.61. The van der Waals surface area contributed by atoms with Gasteiger partial charge in [0.15, 0.2) is 5.01 Å². The van der Waals surface area contributed by atoms with Crippen LogP contribution in [0.15, 0.2) is 75.9 Å². The Balaban J connectivity index is 1.53. The summed E-state index contributed by atoms with van der Waals surface area (Å²) in [6.45, 7) is 0. The van der Waals surface area contributed by atoms with Gasteiger partial charge < -0.3 is 9.73 Å². The van der Waals surface area contributed by atoms with E-state index in [2.05, 4.69) is 27.6 Å². The number of aromatic nitrogens is 2. The standard InChI is InChI=1S/C21H12ClN3O2S/c22-14-8-9-18-13(10-14)11-16(20(26)27-18)19-24-25-21(28-19)23-17-7-3-5-12-4-1-2-6-15(12)17/h1-11H,(H,23,25). The van der Waals surface area contributed by atoms with Crippen molar-refractivity contribution < 1.29 is 4.42 Å². The van der Waals surface area contributed by atoms with Crippen molar-refractivity contribution in [3.05, 3.63) is 82.2 Å². The van der Waals surface area contributed by atoms with E-state index in [1.54, 1.807) is 24.3 Å². The van der Waals surface area contributed by atoms with Gasteiger partial charge in [-0.05, 0) is 35.7 Å². The van der Waals surface area contributed by atoms with Crippen LogP contribution in [0.3, 0.4) is 0 Å². The molecule has 7 heteroatoms. The van der Waals surface area contributed by atoms with E-state index in [0.29, 0.717) is 26.3 Å². The van der Waals surface area contributed by atoms with Crippen molar-refractivity contribution in [2.24, 2.45) is 0 Å². The van der Waals surface area contributed by atoms with Gasteiger partial charge in [-0.3, -0.25) is 0 Å². The fraction of sp³-hybridized carbons (Fsp3) is 0. The summed E-state index contributed by atoms with van der Waals surface area (Å²) in [5.41, 5.74) is 1.32. The van der Waals surface area contributed by atoms with Gasteiger partial charge in [-0.2, -0.15) is 0 Å². The molecule has 0 saturated carbocycles. The predicted molar refractivity (Wildman–Crippen MR) is 114 cm³/mol. The Hall–Kier alpha value is -3.22. The lowest BCUT2D eigenvalue weighted by atomic mass is 10.1. The van der Waals surface area contributed by atoms with Crippen LogP contribution in [0.2, 0.25) is 5.02 Å². The quantitative estimate of drug-likeness (QED) is 0.380. The second-order valence-electron chi connectivity index (χ2n) is 6.19. The lowest BCUT2D eigenvalue weighted by Gasteiger charge is -2.06. The van der Waals surface area contributed by atoms with Crippen LogP contribution in [0.5, 0.6) is 0 Å². The van der Waals surface area contributed by atoms with Crippen LogP contribution in [0, 0.1) is 0 Å². The third-order valence-electron chi connectivity index (χ3n) is 4.38. The van der Waals surface area contributed by atoms with Crippen molar-refractivity contribution in [1.29, 1.82) is 0 Å². The Kier molecular flexibility index (Phi) is 4.07. The van der Waals surface area contributed by atoms with Crippen molar-refractivity contribution >= 4 is 55.5 Å². The molecule has 0 aliphatic carbocycles. The zero-order chi connectivity index (χ0) is 19.1. The highest BCUT2D eigenvalue weighted by atomic mass is 35.5. The first-order valence-corrected chi connectivity index (χ1v) is 9.69. The SMILES string of the molecule is O=c1oc2ccc(Cl)cc2cc1-c1nnc(Nc2cccc3ccccc23)s1. The average Bonchev–Trinajstić information content (AvgIpc) is 3.16. The van der Waals surface area contributed by atoms with Crippen LogP contribution >= 0.6 is 22.9 Å². The van der Waals surface area contributed by atoms with Gasteiger partial charge in [0.2, 0.25) is 5.13 Å². The fourth-order valence-corrected chi connectivity index (χ4v) is 4.02. The molecule has 5 aromatic rings. The molecule has 28 heavy (non-hydrogen) atoms. The number of halogens is 1. The van der Waals surface area contributed by atoms with Crippen molar-refractivity contribution in [3.63, 3.8) is 0 Å². The molecule has 5 rings (SSSR count). The number of nitrogens with one attached hydrogen (secondary N) is 1. The minimum atomic E-state index is -0.456. The van der Waals surface area contributed by atoms with Crippen molar-refractivity contribution in [1.82, 2.24) is 10.2 Å². The summed E-state index contributed by atoms with van der Waals surface area (Å²) < 4.78 is 5.39. The van der Waals surface area contributed by atoms with E-state index < -0.39 is 5.63 Å². The first-order valence-electron chi connectivity index (χ1n) is 8.49. The van der Waals surface area contributed by atoms with Crippen LogP contribution < -0.4 is 10.9 Å². The van der Waals surface area contributed by atoms with Gasteiger partial charge in [0.1, 0.15) is 5.58 Å². The topological polar surface area (TPSA) is 68.0 Å². The van der Waals surface area contributed by atoms with E-state index in [4.69, 9.17) is 16.0 Å². The summed E-state index contributed by atoms with van der Waals surface area (Å²) in [6, 6.07) is 20.9. The first kappa shape index (κ1) is 16.9. The van der Waals surface area contributed by atoms with Crippen LogP contribution in [0.4, 0.5) is 10.8 Å². The normalized spacial score (nSPS) is 11.2. The summed E-state index contributed by atoms with van der Waals surface area (Å²) in [5, 5.41) is 16.2. The molecule has 0 fully saturated rings. The molecule has 0 saturated heterocycles. The molecule has 0 bridgehead atoms. The maximum absolute atomic E-state index is 12.4. The number of fused-ring (bicyclic) bond motifs is 2. The summed E-state index contributed by atoms with van der Waals surface area (Å²) in [6.07, 6.45) is 0. The lowest BCUT2D eigenvalue weighted by molar-refractivity contribution is 0.563. The summed E-state index contributed by atoms with van der Waals surface area (Å²) in [7, 11) is 0. The monoisotopic (exact) mass is 405 g/mol. The predicted octanol–water partition coefficient (Wildman–Crippen LogP) is 5.86. The fourth-order valence-electron chi connectivity index (χ4n) is 3.08. The summed E-state index contributed by atoms with van der Waals surface area (Å²) >= 11 is 7.33. The van der Waals surface area contributed by atoms with E-state index in [0.717, 1.165) is 21.8 Å². The first-order chi connectivity index (χ1) is 13.7. The van der Waals surface area contributed by atoms with Gasteiger partial charge in [-0.25, -0.2) is 4.79 Å². The van der Waals surface area contributed by atoms with Gasteiger partial charge in [0, 0.05) is 21.5 Å². The number of anilines is 2. The van der Waals surface area contributed by atoms with Gasteiger partial charge in [0.05, 0.1) is 5.56 Å². The van der Waals surface area contributed by atoms with Gasteiger partial charge in [0.25, 0.3) is 0 Å². The maximum Gasteiger partial charge on any atom is 0.346 e. The van der Waals surface area contributed by atoms with Crippen molar-refractivity contribution in [2.75, 3.05) is 5.32 Å². The smallest absolute Gasteiger partial charge is 0.346 e. The second kappa shape index (κ2) is 6.74. The van der Waals surface area contributed by atoms with E-state index in [9.17, 15) is 4.79 Å². The number of benzene rings is 3. The highest BCUT2D eigenvalue weighted by Crippen LogP contribution is 2.31. The molecule has 0 spiro atoms. The third-order valence-corrected chi connectivity index (χ3v) is 5.49. The number of hydrogen-bond donors (Lipinski definition) is 1. The molecule has 0 radical (unpaired) electrons. The molecule has 136 valence electrons. The van der Waals surface area contributed by atoms with E-state index in [-0.39, 0.29) is 0 Å². The summed E-state index contributed by atoms with van der Waals surface area (Å²) in [5.74, 6) is 0. The van der Waals surface area contributed by atoms with Crippen molar-refractivity contribution in [3.8, 4) is 10.6 Å². The zero-order valence-corrected chi connectivity index (χ0v) is 15.9. The molecule has 0 aliphatic heterocycles. The molecule has 0 amide bonds. The summed E-state index contributed by atoms with van der Waals surface area (Å²) in [4.78, 5) is 12.4. The number of nitrogens with zero attached hydrogens (tertiary/aromatic N) is 2. The van der Waals surface area contributed by atoms with E-state index >= 15 is 0 Å². The molecule has 2 heterocycles. The minimum Gasteiger partial charge on any atom is -0.422 e. The zero-order valence-electron chi connectivity index (χ0n) is 14.3.